The summed E-state index contributed by atoms with van der Waals surface area (Å²) in [6.45, 7) is 1.97. The van der Waals surface area contributed by atoms with Crippen LogP contribution in [0.5, 0.6) is 0 Å². The summed E-state index contributed by atoms with van der Waals surface area (Å²) in [7, 11) is 0. The van der Waals surface area contributed by atoms with Crippen LogP contribution in [-0.4, -0.2) is 5.78 Å². The van der Waals surface area contributed by atoms with Gasteiger partial charge in [0, 0.05) is 10.6 Å². The summed E-state index contributed by atoms with van der Waals surface area (Å²) >= 11 is 6.02. The molecule has 0 aliphatic heterocycles. The first-order valence-electron chi connectivity index (χ1n) is 5.70. The maximum Gasteiger partial charge on any atom is 0.185 e. The van der Waals surface area contributed by atoms with Gasteiger partial charge >= 0.3 is 0 Å². The Morgan fingerprint density at radius 3 is 2.61 bits per heavy atom. The first kappa shape index (κ1) is 12.6. The Hall–Kier alpha value is -1.86. The van der Waals surface area contributed by atoms with E-state index in [1.54, 1.807) is 18.2 Å². The molecule has 2 aromatic rings. The van der Waals surface area contributed by atoms with Crippen molar-refractivity contribution >= 4 is 23.5 Å². The van der Waals surface area contributed by atoms with Gasteiger partial charge in [-0.15, -0.1) is 0 Å². The number of carbonyl (C=O) groups excluding carboxylic acids is 1. The predicted octanol–water partition coefficient (Wildman–Crippen LogP) is 4.54. The van der Waals surface area contributed by atoms with Gasteiger partial charge in [0.2, 0.25) is 0 Å². The molecule has 0 bridgehead atoms. The zero-order valence-electron chi connectivity index (χ0n) is 10.1. The van der Waals surface area contributed by atoms with E-state index in [1.807, 2.05) is 49.4 Å². The first-order chi connectivity index (χ1) is 8.66. The lowest BCUT2D eigenvalue weighted by Gasteiger charge is -1.98. The van der Waals surface area contributed by atoms with E-state index in [2.05, 4.69) is 0 Å². The largest absolute Gasteiger partial charge is 0.289 e. The minimum absolute atomic E-state index is 0.0152. The third-order valence-electron chi connectivity index (χ3n) is 2.62. The van der Waals surface area contributed by atoms with E-state index in [4.69, 9.17) is 11.6 Å². The van der Waals surface area contributed by atoms with E-state index in [0.29, 0.717) is 10.6 Å². The van der Waals surface area contributed by atoms with E-state index in [-0.39, 0.29) is 5.78 Å². The zero-order valence-corrected chi connectivity index (χ0v) is 10.8. The van der Waals surface area contributed by atoms with Gasteiger partial charge in [-0.3, -0.25) is 4.79 Å². The molecule has 90 valence electrons. The molecule has 2 heteroatoms. The first-order valence-corrected chi connectivity index (χ1v) is 6.08. The Labute approximate surface area is 112 Å². The normalized spacial score (nSPS) is 10.8. The van der Waals surface area contributed by atoms with Crippen LogP contribution in [-0.2, 0) is 0 Å². The molecule has 1 nitrogen and oxygen atoms in total. The number of ketones is 1. The maximum absolute atomic E-state index is 12.0. The minimum Gasteiger partial charge on any atom is -0.289 e. The van der Waals surface area contributed by atoms with Gasteiger partial charge < -0.3 is 0 Å². The summed E-state index contributed by atoms with van der Waals surface area (Å²) in [5, 5.41) is 0.644. The van der Waals surface area contributed by atoms with E-state index < -0.39 is 0 Å². The smallest absolute Gasteiger partial charge is 0.185 e. The van der Waals surface area contributed by atoms with Crippen molar-refractivity contribution in [3.63, 3.8) is 0 Å². The van der Waals surface area contributed by atoms with Crippen LogP contribution in [0.25, 0.3) is 6.08 Å². The van der Waals surface area contributed by atoms with E-state index in [9.17, 15) is 4.79 Å². The van der Waals surface area contributed by atoms with Crippen LogP contribution in [0.1, 0.15) is 21.5 Å². The highest BCUT2D eigenvalue weighted by molar-refractivity contribution is 6.32. The van der Waals surface area contributed by atoms with Crippen LogP contribution in [0.15, 0.2) is 54.6 Å². The van der Waals surface area contributed by atoms with Gasteiger partial charge in [0.1, 0.15) is 0 Å². The lowest BCUT2D eigenvalue weighted by Crippen LogP contribution is -1.94. The standard InChI is InChI=1S/C16H13ClO/c1-12-5-4-7-14(11-12)16(18)10-9-13-6-2-3-8-15(13)17/h2-11H,1H3. The second-order valence-electron chi connectivity index (χ2n) is 4.09. The molecule has 0 atom stereocenters. The van der Waals surface area contributed by atoms with Crippen LogP contribution in [0.4, 0.5) is 0 Å². The average Bonchev–Trinajstić information content (AvgIpc) is 2.37. The number of hydrogen-bond acceptors (Lipinski definition) is 1. The predicted molar refractivity (Wildman–Crippen MR) is 76.0 cm³/mol. The summed E-state index contributed by atoms with van der Waals surface area (Å²) in [4.78, 5) is 12.0. The number of rotatable bonds is 3. The van der Waals surface area contributed by atoms with Gasteiger partial charge in [-0.1, -0.05) is 53.6 Å². The van der Waals surface area contributed by atoms with Crippen LogP contribution in [0.3, 0.4) is 0 Å². The maximum atomic E-state index is 12.0. The Kier molecular flexibility index (Phi) is 3.96. The fraction of sp³-hybridized carbons (Fsp3) is 0.0625. The number of halogens is 1. The number of hydrogen-bond donors (Lipinski definition) is 0. The fourth-order valence-corrected chi connectivity index (χ4v) is 1.87. The summed E-state index contributed by atoms with van der Waals surface area (Å²) in [5.74, 6) is -0.0152. The van der Waals surface area contributed by atoms with Crippen molar-refractivity contribution in [2.24, 2.45) is 0 Å². The topological polar surface area (TPSA) is 17.1 Å². The molecule has 0 heterocycles. The van der Waals surface area contributed by atoms with Crippen LogP contribution in [0, 0.1) is 6.92 Å². The molecule has 2 aromatic carbocycles. The molecule has 0 spiro atoms. The molecule has 18 heavy (non-hydrogen) atoms. The number of allylic oxidation sites excluding steroid dienone is 1. The summed E-state index contributed by atoms with van der Waals surface area (Å²) < 4.78 is 0. The third-order valence-corrected chi connectivity index (χ3v) is 2.97. The van der Waals surface area contributed by atoms with Gasteiger partial charge in [-0.05, 0) is 36.8 Å². The van der Waals surface area contributed by atoms with Gasteiger partial charge in [0.25, 0.3) is 0 Å². The molecule has 0 unspecified atom stereocenters. The SMILES string of the molecule is Cc1cccc(C(=O)C=Cc2ccccc2Cl)c1. The molecule has 0 aliphatic carbocycles. The zero-order chi connectivity index (χ0) is 13.0. The molecule has 0 aromatic heterocycles. The highest BCUT2D eigenvalue weighted by Crippen LogP contribution is 2.16. The Bertz CT molecular complexity index is 600. The second-order valence-corrected chi connectivity index (χ2v) is 4.50. The van der Waals surface area contributed by atoms with Crippen molar-refractivity contribution in [1.29, 1.82) is 0 Å². The summed E-state index contributed by atoms with van der Waals surface area (Å²) in [6.07, 6.45) is 3.29. The molecule has 0 saturated carbocycles. The molecule has 0 aliphatic rings. The van der Waals surface area contributed by atoms with E-state index in [1.165, 1.54) is 0 Å². The van der Waals surface area contributed by atoms with E-state index in [0.717, 1.165) is 11.1 Å². The van der Waals surface area contributed by atoms with Gasteiger partial charge in [-0.25, -0.2) is 0 Å². The third kappa shape index (κ3) is 3.08. The Balaban J connectivity index is 2.20. The van der Waals surface area contributed by atoms with Gasteiger partial charge in [-0.2, -0.15) is 0 Å². The molecule has 2 rings (SSSR count). The van der Waals surface area contributed by atoms with Crippen molar-refractivity contribution in [2.75, 3.05) is 0 Å². The van der Waals surface area contributed by atoms with Crippen molar-refractivity contribution < 1.29 is 4.79 Å². The van der Waals surface area contributed by atoms with Crippen molar-refractivity contribution in [2.45, 2.75) is 6.92 Å². The lowest BCUT2D eigenvalue weighted by molar-refractivity contribution is 0.104. The second kappa shape index (κ2) is 5.65. The summed E-state index contributed by atoms with van der Waals surface area (Å²) in [6, 6.07) is 15.0. The monoisotopic (exact) mass is 256 g/mol. The highest BCUT2D eigenvalue weighted by atomic mass is 35.5. The molecular weight excluding hydrogens is 244 g/mol. The van der Waals surface area contributed by atoms with Crippen LogP contribution in [0.2, 0.25) is 5.02 Å². The van der Waals surface area contributed by atoms with Gasteiger partial charge in [0.15, 0.2) is 5.78 Å². The molecule has 0 amide bonds. The molecule has 0 saturated heterocycles. The Morgan fingerprint density at radius 2 is 1.89 bits per heavy atom. The Morgan fingerprint density at radius 1 is 1.11 bits per heavy atom. The lowest BCUT2D eigenvalue weighted by atomic mass is 10.1. The highest BCUT2D eigenvalue weighted by Gasteiger charge is 2.01. The van der Waals surface area contributed by atoms with Crippen LogP contribution >= 0.6 is 11.6 Å². The quantitative estimate of drug-likeness (QED) is 0.582. The fourth-order valence-electron chi connectivity index (χ4n) is 1.67. The van der Waals surface area contributed by atoms with Crippen molar-refractivity contribution in [3.8, 4) is 0 Å². The van der Waals surface area contributed by atoms with Crippen molar-refractivity contribution in [3.05, 3.63) is 76.3 Å². The number of aryl methyl sites for hydroxylation is 1. The van der Waals surface area contributed by atoms with Crippen LogP contribution < -0.4 is 0 Å². The molecule has 0 fully saturated rings. The minimum atomic E-state index is -0.0152. The average molecular weight is 257 g/mol. The van der Waals surface area contributed by atoms with Crippen molar-refractivity contribution in [1.82, 2.24) is 0 Å². The molecule has 0 radical (unpaired) electrons. The summed E-state index contributed by atoms with van der Waals surface area (Å²) in [5.41, 5.74) is 2.62. The number of carbonyl (C=O) groups is 1. The molecular formula is C16H13ClO. The van der Waals surface area contributed by atoms with E-state index >= 15 is 0 Å². The molecule has 0 N–H and O–H groups in total. The van der Waals surface area contributed by atoms with Gasteiger partial charge in [0.05, 0.1) is 0 Å². The number of benzene rings is 2.